The Morgan fingerprint density at radius 3 is 2.67 bits per heavy atom. The van der Waals surface area contributed by atoms with E-state index in [1.54, 1.807) is 0 Å². The van der Waals surface area contributed by atoms with Crippen molar-refractivity contribution in [1.29, 1.82) is 0 Å². The summed E-state index contributed by atoms with van der Waals surface area (Å²) in [5.41, 5.74) is 3.09. The molecule has 3 aromatic rings. The summed E-state index contributed by atoms with van der Waals surface area (Å²) in [6.45, 7) is 3.65. The third-order valence-corrected chi connectivity index (χ3v) is 6.61. The summed E-state index contributed by atoms with van der Waals surface area (Å²) in [5.74, 6) is -0.0366. The highest BCUT2D eigenvalue weighted by atomic mass is 16.5. The van der Waals surface area contributed by atoms with E-state index in [1.807, 2.05) is 54.3 Å². The van der Waals surface area contributed by atoms with Gasteiger partial charge in [0.1, 0.15) is 5.69 Å². The molecule has 2 aromatic heterocycles. The summed E-state index contributed by atoms with van der Waals surface area (Å²) in [4.78, 5) is 19.2. The van der Waals surface area contributed by atoms with Crippen molar-refractivity contribution in [2.45, 2.75) is 37.5 Å². The first-order chi connectivity index (χ1) is 14.6. The molecule has 0 bridgehead atoms. The quantitative estimate of drug-likeness (QED) is 0.710. The topological polar surface area (TPSA) is 59.4 Å². The Morgan fingerprint density at radius 2 is 1.93 bits per heavy atom. The molecule has 4 heterocycles. The van der Waals surface area contributed by atoms with Crippen molar-refractivity contribution in [3.63, 3.8) is 0 Å². The number of nitrogens with one attached hydrogen (secondary N) is 1. The number of carbonyl (C=O) groups is 1. The molecule has 1 aromatic carbocycles. The number of para-hydroxylation sites is 1. The lowest BCUT2D eigenvalue weighted by molar-refractivity contribution is -0.222. The van der Waals surface area contributed by atoms with Gasteiger partial charge in [-0.3, -0.25) is 14.7 Å². The molecular formula is C24H28N4O2. The number of hydrogen-bond donors (Lipinski definition) is 1. The van der Waals surface area contributed by atoms with Crippen molar-refractivity contribution in [3.05, 3.63) is 66.1 Å². The molecule has 1 amide bonds. The Bertz CT molecular complexity index is 1030. The van der Waals surface area contributed by atoms with Gasteiger partial charge in [-0.25, -0.2) is 0 Å². The zero-order valence-electron chi connectivity index (χ0n) is 17.4. The number of likely N-dealkylation sites (tertiary alicyclic amines) is 1. The molecule has 30 heavy (non-hydrogen) atoms. The average molecular weight is 405 g/mol. The second-order valence-electron chi connectivity index (χ2n) is 8.62. The van der Waals surface area contributed by atoms with Crippen LogP contribution in [0.2, 0.25) is 0 Å². The van der Waals surface area contributed by atoms with E-state index in [4.69, 9.17) is 4.74 Å². The fourth-order valence-corrected chi connectivity index (χ4v) is 4.86. The number of aryl methyl sites for hydroxylation is 1. The molecule has 0 unspecified atom stereocenters. The first-order valence-electron chi connectivity index (χ1n) is 10.7. The van der Waals surface area contributed by atoms with Gasteiger partial charge in [0.05, 0.1) is 11.7 Å². The minimum atomic E-state index is -0.0366. The summed E-state index contributed by atoms with van der Waals surface area (Å²) >= 11 is 0. The van der Waals surface area contributed by atoms with E-state index in [1.165, 1.54) is 5.56 Å². The lowest BCUT2D eigenvalue weighted by atomic mass is 9.80. The molecule has 2 aliphatic rings. The minimum absolute atomic E-state index is 0.0177. The van der Waals surface area contributed by atoms with Gasteiger partial charge in [0.2, 0.25) is 0 Å². The highest BCUT2D eigenvalue weighted by Gasteiger charge is 2.47. The standard InChI is InChI=1S/C24H28N4O2/c1-27-21-5-3-2-4-19(21)14-22(27)23(29)26-16-20-15-24(30-20)8-12-28(13-9-24)17-18-6-10-25-11-7-18/h2-7,10-11,14,20H,8-9,12-13,15-17H2,1H3,(H,26,29)/t20-/m0/s1. The van der Waals surface area contributed by atoms with Gasteiger partial charge in [-0.2, -0.15) is 0 Å². The van der Waals surface area contributed by atoms with Crippen LogP contribution >= 0.6 is 0 Å². The molecule has 6 nitrogen and oxygen atoms in total. The summed E-state index contributed by atoms with van der Waals surface area (Å²) in [6, 6.07) is 14.2. The molecule has 0 saturated carbocycles. The van der Waals surface area contributed by atoms with Crippen LogP contribution in [-0.2, 0) is 18.3 Å². The Morgan fingerprint density at radius 1 is 1.20 bits per heavy atom. The number of piperidine rings is 1. The number of pyridine rings is 1. The van der Waals surface area contributed by atoms with Gasteiger partial charge < -0.3 is 14.6 Å². The van der Waals surface area contributed by atoms with Crippen molar-refractivity contribution in [2.75, 3.05) is 19.6 Å². The third kappa shape index (κ3) is 3.73. The highest BCUT2D eigenvalue weighted by Crippen LogP contribution is 2.41. The van der Waals surface area contributed by atoms with Crippen LogP contribution in [0, 0.1) is 0 Å². The molecule has 1 spiro atoms. The maximum atomic E-state index is 12.7. The molecule has 1 atom stereocenters. The van der Waals surface area contributed by atoms with Gasteiger partial charge in [0.15, 0.2) is 0 Å². The molecule has 156 valence electrons. The second-order valence-corrected chi connectivity index (χ2v) is 8.62. The molecule has 0 radical (unpaired) electrons. The second kappa shape index (κ2) is 7.85. The number of fused-ring (bicyclic) bond motifs is 1. The summed E-state index contributed by atoms with van der Waals surface area (Å²) in [7, 11) is 1.94. The fraction of sp³-hybridized carbons (Fsp3) is 0.417. The molecule has 1 N–H and O–H groups in total. The normalized spacial score (nSPS) is 20.9. The van der Waals surface area contributed by atoms with Crippen LogP contribution in [0.5, 0.6) is 0 Å². The van der Waals surface area contributed by atoms with Gasteiger partial charge in [-0.05, 0) is 42.7 Å². The Balaban J connectivity index is 1.09. The highest BCUT2D eigenvalue weighted by molar-refractivity contribution is 5.98. The summed E-state index contributed by atoms with van der Waals surface area (Å²) < 4.78 is 8.23. The van der Waals surface area contributed by atoms with Gasteiger partial charge >= 0.3 is 0 Å². The van der Waals surface area contributed by atoms with Crippen LogP contribution in [0.1, 0.15) is 35.3 Å². The number of carbonyl (C=O) groups excluding carboxylic acids is 1. The van der Waals surface area contributed by atoms with Gasteiger partial charge in [0, 0.05) is 62.9 Å². The van der Waals surface area contributed by atoms with Crippen molar-refractivity contribution in [2.24, 2.45) is 7.05 Å². The van der Waals surface area contributed by atoms with Crippen LogP contribution in [-0.4, -0.2) is 51.7 Å². The van der Waals surface area contributed by atoms with E-state index >= 15 is 0 Å². The monoisotopic (exact) mass is 404 g/mol. The van der Waals surface area contributed by atoms with E-state index in [-0.39, 0.29) is 17.6 Å². The van der Waals surface area contributed by atoms with Crippen molar-refractivity contribution in [1.82, 2.24) is 19.8 Å². The molecule has 2 saturated heterocycles. The van der Waals surface area contributed by atoms with E-state index in [9.17, 15) is 4.79 Å². The predicted molar refractivity (Wildman–Crippen MR) is 116 cm³/mol. The molecule has 2 fully saturated rings. The van der Waals surface area contributed by atoms with Gasteiger partial charge in [0.25, 0.3) is 5.91 Å². The van der Waals surface area contributed by atoms with Crippen LogP contribution < -0.4 is 5.32 Å². The predicted octanol–water partition coefficient (Wildman–Crippen LogP) is 3.13. The van der Waals surface area contributed by atoms with Gasteiger partial charge in [-0.15, -0.1) is 0 Å². The number of ether oxygens (including phenoxy) is 1. The molecule has 0 aliphatic carbocycles. The minimum Gasteiger partial charge on any atom is -0.370 e. The molecular weight excluding hydrogens is 376 g/mol. The number of benzene rings is 1. The maximum Gasteiger partial charge on any atom is 0.268 e. The zero-order chi connectivity index (χ0) is 20.6. The summed E-state index contributed by atoms with van der Waals surface area (Å²) in [5, 5.41) is 4.15. The van der Waals surface area contributed by atoms with Crippen LogP contribution in [0.25, 0.3) is 10.9 Å². The number of rotatable bonds is 5. The smallest absolute Gasteiger partial charge is 0.268 e. The molecule has 6 heteroatoms. The van der Waals surface area contributed by atoms with E-state index < -0.39 is 0 Å². The largest absolute Gasteiger partial charge is 0.370 e. The van der Waals surface area contributed by atoms with Crippen LogP contribution in [0.3, 0.4) is 0 Å². The first-order valence-corrected chi connectivity index (χ1v) is 10.7. The maximum absolute atomic E-state index is 12.7. The number of nitrogens with zero attached hydrogens (tertiary/aromatic N) is 3. The van der Waals surface area contributed by atoms with Crippen molar-refractivity contribution < 1.29 is 9.53 Å². The summed E-state index contributed by atoms with van der Waals surface area (Å²) in [6.07, 6.45) is 6.98. The molecule has 2 aliphatic heterocycles. The lowest BCUT2D eigenvalue weighted by Gasteiger charge is -2.52. The van der Waals surface area contributed by atoms with Crippen LogP contribution in [0.15, 0.2) is 54.9 Å². The van der Waals surface area contributed by atoms with Crippen molar-refractivity contribution in [3.8, 4) is 0 Å². The fourth-order valence-electron chi connectivity index (χ4n) is 4.86. The van der Waals surface area contributed by atoms with Crippen LogP contribution in [0.4, 0.5) is 0 Å². The number of aromatic nitrogens is 2. The third-order valence-electron chi connectivity index (χ3n) is 6.61. The number of hydrogen-bond acceptors (Lipinski definition) is 4. The Hall–Kier alpha value is -2.70. The van der Waals surface area contributed by atoms with E-state index in [0.29, 0.717) is 12.2 Å². The zero-order valence-corrected chi connectivity index (χ0v) is 17.4. The number of amides is 1. The van der Waals surface area contributed by atoms with Crippen molar-refractivity contribution >= 4 is 16.8 Å². The van der Waals surface area contributed by atoms with E-state index in [2.05, 4.69) is 27.3 Å². The lowest BCUT2D eigenvalue weighted by Crippen LogP contribution is -2.59. The molecule has 5 rings (SSSR count). The first kappa shape index (κ1) is 19.3. The Kier molecular flexibility index (Phi) is 5.05. The van der Waals surface area contributed by atoms with E-state index in [0.717, 1.165) is 49.8 Å². The Labute approximate surface area is 176 Å². The SMILES string of the molecule is Cn1c(C(=O)NC[C@@H]2CC3(CCN(Cc4ccncc4)CC3)O2)cc2ccccc21. The van der Waals surface area contributed by atoms with Gasteiger partial charge in [-0.1, -0.05) is 18.2 Å². The average Bonchev–Trinajstić information content (AvgIpc) is 3.09.